The molecule has 93 valence electrons. The number of alkyl halides is 3. The van der Waals surface area contributed by atoms with Gasteiger partial charge in [-0.25, -0.2) is 8.78 Å². The molecule has 0 N–H and O–H groups in total. The Bertz CT molecular complexity index is 577. The van der Waals surface area contributed by atoms with Crippen LogP contribution in [0.2, 0.25) is 0 Å². The van der Waals surface area contributed by atoms with Crippen LogP contribution in [-0.2, 0) is 6.18 Å². The first kappa shape index (κ1) is 12.5. The van der Waals surface area contributed by atoms with Crippen LogP contribution in [0.5, 0.6) is 0 Å². The molecule has 0 amide bonds. The molecule has 2 rings (SSSR count). The highest BCUT2D eigenvalue weighted by atomic mass is 19.4. The van der Waals surface area contributed by atoms with Crippen LogP contribution in [0.3, 0.4) is 0 Å². The normalized spacial score (nSPS) is 11.6. The molecule has 18 heavy (non-hydrogen) atoms. The Labute approximate surface area is 98.9 Å². The summed E-state index contributed by atoms with van der Waals surface area (Å²) in [5, 5.41) is 0. The van der Waals surface area contributed by atoms with Gasteiger partial charge in [0.25, 0.3) is 0 Å². The molecule has 0 unspecified atom stereocenters. The number of rotatable bonds is 1. The van der Waals surface area contributed by atoms with E-state index < -0.39 is 23.4 Å². The van der Waals surface area contributed by atoms with E-state index >= 15 is 0 Å². The van der Waals surface area contributed by atoms with E-state index in [4.69, 9.17) is 0 Å². The number of halogens is 5. The van der Waals surface area contributed by atoms with Crippen LogP contribution in [0, 0.1) is 17.7 Å². The van der Waals surface area contributed by atoms with E-state index in [0.29, 0.717) is 6.07 Å². The van der Waals surface area contributed by atoms with Gasteiger partial charge in [0, 0.05) is 17.8 Å². The van der Waals surface area contributed by atoms with Gasteiger partial charge in [0.05, 0.1) is 5.56 Å². The van der Waals surface area contributed by atoms with E-state index in [9.17, 15) is 22.0 Å². The molecule has 1 aromatic carbocycles. The van der Waals surface area contributed by atoms with Gasteiger partial charge < -0.3 is 0 Å². The van der Waals surface area contributed by atoms with Gasteiger partial charge in [-0.15, -0.1) is 0 Å². The average molecular weight is 258 g/mol. The van der Waals surface area contributed by atoms with Crippen molar-refractivity contribution in [3.8, 4) is 11.3 Å². The molecule has 0 bridgehead atoms. The lowest BCUT2D eigenvalue weighted by molar-refractivity contribution is -0.138. The van der Waals surface area contributed by atoms with Gasteiger partial charge in [0.1, 0.15) is 17.3 Å². The minimum absolute atomic E-state index is 0.347. The smallest absolute Gasteiger partial charge is 0.253 e. The third kappa shape index (κ3) is 2.32. The minimum Gasteiger partial charge on any atom is -0.253 e. The molecule has 1 nitrogen and oxygen atoms in total. The van der Waals surface area contributed by atoms with Gasteiger partial charge in [-0.05, 0) is 24.3 Å². The number of aromatic nitrogens is 1. The fourth-order valence-corrected chi connectivity index (χ4v) is 1.40. The van der Waals surface area contributed by atoms with E-state index in [0.717, 1.165) is 12.1 Å². The van der Waals surface area contributed by atoms with Gasteiger partial charge >= 0.3 is 6.18 Å². The first-order valence-corrected chi connectivity index (χ1v) is 4.79. The second-order valence-electron chi connectivity index (χ2n) is 3.43. The molecular weight excluding hydrogens is 253 g/mol. The highest BCUT2D eigenvalue weighted by molar-refractivity contribution is 5.60. The molecule has 0 aliphatic heterocycles. The third-order valence-corrected chi connectivity index (χ3v) is 2.22. The van der Waals surface area contributed by atoms with Crippen LogP contribution in [0.25, 0.3) is 11.3 Å². The highest BCUT2D eigenvalue weighted by Gasteiger charge is 2.31. The summed E-state index contributed by atoms with van der Waals surface area (Å²) in [6.45, 7) is 0. The number of pyridine rings is 1. The molecule has 0 saturated heterocycles. The lowest BCUT2D eigenvalue weighted by atomic mass is 10.1. The fourth-order valence-electron chi connectivity index (χ4n) is 1.40. The van der Waals surface area contributed by atoms with E-state index in [1.807, 2.05) is 0 Å². The van der Waals surface area contributed by atoms with Crippen LogP contribution in [0.1, 0.15) is 5.56 Å². The SMILES string of the molecule is Fc1[c]c(C(F)(F)F)ccc1-c1ncccc1F. The summed E-state index contributed by atoms with van der Waals surface area (Å²) in [6, 6.07) is 5.35. The van der Waals surface area contributed by atoms with Gasteiger partial charge in [-0.2, -0.15) is 13.2 Å². The van der Waals surface area contributed by atoms with Gasteiger partial charge in [0.2, 0.25) is 0 Å². The van der Waals surface area contributed by atoms with Crippen molar-refractivity contribution in [2.24, 2.45) is 0 Å². The van der Waals surface area contributed by atoms with Crippen LogP contribution in [0.4, 0.5) is 22.0 Å². The summed E-state index contributed by atoms with van der Waals surface area (Å²) in [5.41, 5.74) is -1.96. The zero-order valence-electron chi connectivity index (χ0n) is 8.72. The van der Waals surface area contributed by atoms with E-state index in [1.54, 1.807) is 6.07 Å². The Kier molecular flexibility index (Phi) is 3.02. The average Bonchev–Trinajstić information content (AvgIpc) is 2.29. The first-order valence-electron chi connectivity index (χ1n) is 4.79. The summed E-state index contributed by atoms with van der Waals surface area (Å²) >= 11 is 0. The second kappa shape index (κ2) is 4.36. The summed E-state index contributed by atoms with van der Waals surface area (Å²) in [7, 11) is 0. The third-order valence-electron chi connectivity index (χ3n) is 2.22. The topological polar surface area (TPSA) is 12.9 Å². The van der Waals surface area contributed by atoms with Crippen molar-refractivity contribution in [2.45, 2.75) is 6.18 Å². The zero-order chi connectivity index (χ0) is 13.3. The molecule has 0 fully saturated rings. The molecule has 6 heteroatoms. The first-order chi connectivity index (χ1) is 8.39. The van der Waals surface area contributed by atoms with Crippen LogP contribution in [0.15, 0.2) is 30.5 Å². The molecule has 0 aliphatic carbocycles. The van der Waals surface area contributed by atoms with Gasteiger partial charge in [0.15, 0.2) is 0 Å². The monoisotopic (exact) mass is 258 g/mol. The maximum atomic E-state index is 13.5. The number of hydrogen-bond donors (Lipinski definition) is 0. The van der Waals surface area contributed by atoms with Crippen molar-refractivity contribution in [3.05, 3.63) is 53.7 Å². The lowest BCUT2D eigenvalue weighted by Crippen LogP contribution is -2.06. The molecular formula is C12H5F5N. The minimum atomic E-state index is -4.69. The Morgan fingerprint density at radius 2 is 1.78 bits per heavy atom. The van der Waals surface area contributed by atoms with E-state index in [-0.39, 0.29) is 11.3 Å². The maximum absolute atomic E-state index is 13.5. The Hall–Kier alpha value is -1.98. The van der Waals surface area contributed by atoms with Gasteiger partial charge in [-0.3, -0.25) is 4.98 Å². The summed E-state index contributed by atoms with van der Waals surface area (Å²) in [4.78, 5) is 3.58. The molecule has 0 atom stereocenters. The van der Waals surface area contributed by atoms with Crippen molar-refractivity contribution in [1.29, 1.82) is 0 Å². The summed E-state index contributed by atoms with van der Waals surface area (Å²) in [6.07, 6.45) is -3.47. The molecule has 0 spiro atoms. The number of benzene rings is 1. The Morgan fingerprint density at radius 3 is 2.33 bits per heavy atom. The summed E-state index contributed by atoms with van der Waals surface area (Å²) < 4.78 is 63.7. The van der Waals surface area contributed by atoms with Crippen molar-refractivity contribution in [1.82, 2.24) is 4.98 Å². The van der Waals surface area contributed by atoms with Crippen LogP contribution in [-0.4, -0.2) is 4.98 Å². The van der Waals surface area contributed by atoms with Crippen LogP contribution < -0.4 is 0 Å². The quantitative estimate of drug-likeness (QED) is 0.708. The fraction of sp³-hybridized carbons (Fsp3) is 0.0833. The van der Waals surface area contributed by atoms with Gasteiger partial charge in [-0.1, -0.05) is 0 Å². The highest BCUT2D eigenvalue weighted by Crippen LogP contribution is 2.32. The second-order valence-corrected chi connectivity index (χ2v) is 3.43. The predicted molar refractivity (Wildman–Crippen MR) is 53.4 cm³/mol. The number of nitrogens with zero attached hydrogens (tertiary/aromatic N) is 1. The van der Waals surface area contributed by atoms with Crippen LogP contribution >= 0.6 is 0 Å². The number of hydrogen-bond acceptors (Lipinski definition) is 1. The maximum Gasteiger partial charge on any atom is 0.417 e. The van der Waals surface area contributed by atoms with Crippen molar-refractivity contribution < 1.29 is 22.0 Å². The standard InChI is InChI=1S/C12H5F5N/c13-9-2-1-5-18-11(9)8-4-3-7(6-10(8)14)12(15,16)17/h1-5H. The molecule has 0 aliphatic rings. The predicted octanol–water partition coefficient (Wildman–Crippen LogP) is 3.85. The molecule has 1 radical (unpaired) electrons. The van der Waals surface area contributed by atoms with Crippen molar-refractivity contribution >= 4 is 0 Å². The molecule has 1 heterocycles. The van der Waals surface area contributed by atoms with Crippen molar-refractivity contribution in [3.63, 3.8) is 0 Å². The zero-order valence-corrected chi connectivity index (χ0v) is 8.72. The molecule has 0 saturated carbocycles. The lowest BCUT2D eigenvalue weighted by Gasteiger charge is -2.08. The Balaban J connectivity index is 2.52. The Morgan fingerprint density at radius 1 is 1.06 bits per heavy atom. The van der Waals surface area contributed by atoms with E-state index in [1.165, 1.54) is 12.3 Å². The summed E-state index contributed by atoms with van der Waals surface area (Å²) in [5.74, 6) is -2.10. The van der Waals surface area contributed by atoms with E-state index in [2.05, 4.69) is 4.98 Å². The largest absolute Gasteiger partial charge is 0.417 e. The molecule has 1 aromatic heterocycles. The molecule has 2 aromatic rings. The van der Waals surface area contributed by atoms with Crippen molar-refractivity contribution in [2.75, 3.05) is 0 Å².